The molecule has 37 heavy (non-hydrogen) atoms. The molecule has 0 saturated carbocycles. The number of hydrogen-bond acceptors (Lipinski definition) is 6. The molecule has 2 heterocycles. The monoisotopic (exact) mass is 537 g/mol. The topological polar surface area (TPSA) is 108 Å². The first-order chi connectivity index (χ1) is 17.9. The van der Waals surface area contributed by atoms with Crippen LogP contribution in [0.5, 0.6) is 11.5 Å². The number of aromatic nitrogens is 3. The Balaban J connectivity index is 1.54. The number of methoxy groups -OCH3 is 2. The lowest BCUT2D eigenvalue weighted by Gasteiger charge is -2.17. The van der Waals surface area contributed by atoms with Gasteiger partial charge in [0.15, 0.2) is 5.11 Å². The number of ether oxygens (including phenoxy) is 2. The van der Waals surface area contributed by atoms with Crippen molar-refractivity contribution in [3.05, 3.63) is 70.6 Å². The third-order valence-electron chi connectivity index (χ3n) is 5.49. The Kier molecular flexibility index (Phi) is 8.42. The number of thiocarbonyl (C=S) groups is 1. The largest absolute Gasteiger partial charge is 0.495 e. The number of benzene rings is 2. The average Bonchev–Trinajstić information content (AvgIpc) is 3.27. The van der Waals surface area contributed by atoms with Crippen LogP contribution in [0.1, 0.15) is 17.0 Å². The number of aryl methyl sites for hydroxylation is 2. The number of para-hydroxylation sites is 1. The second-order valence-electron chi connectivity index (χ2n) is 8.21. The van der Waals surface area contributed by atoms with Gasteiger partial charge < -0.3 is 25.1 Å². The van der Waals surface area contributed by atoms with E-state index < -0.39 is 0 Å². The van der Waals surface area contributed by atoms with Crippen molar-refractivity contribution < 1.29 is 9.47 Å². The molecule has 0 saturated heterocycles. The van der Waals surface area contributed by atoms with Gasteiger partial charge in [-0.1, -0.05) is 29.8 Å². The Morgan fingerprint density at radius 1 is 1.03 bits per heavy atom. The molecule has 4 N–H and O–H groups in total. The number of nitrogens with one attached hydrogen (secondary N) is 4. The molecule has 11 heteroatoms. The van der Waals surface area contributed by atoms with Crippen LogP contribution in [0.25, 0.3) is 10.9 Å². The van der Waals surface area contributed by atoms with Crippen LogP contribution in [-0.2, 0) is 6.42 Å². The number of rotatable bonds is 7. The molecule has 0 radical (unpaired) electrons. The van der Waals surface area contributed by atoms with Crippen molar-refractivity contribution in [3.8, 4) is 11.5 Å². The maximum absolute atomic E-state index is 6.23. The van der Waals surface area contributed by atoms with E-state index in [2.05, 4.69) is 43.0 Å². The zero-order valence-electron chi connectivity index (χ0n) is 21.0. The van der Waals surface area contributed by atoms with Gasteiger partial charge in [0, 0.05) is 47.2 Å². The first-order valence-corrected chi connectivity index (χ1v) is 12.3. The van der Waals surface area contributed by atoms with E-state index in [1.165, 1.54) is 10.9 Å². The van der Waals surface area contributed by atoms with Crippen molar-refractivity contribution in [2.75, 3.05) is 31.4 Å². The van der Waals surface area contributed by atoms with Crippen molar-refractivity contribution in [2.45, 2.75) is 20.3 Å². The summed E-state index contributed by atoms with van der Waals surface area (Å²) < 4.78 is 10.8. The number of H-pyrrole nitrogens is 1. The van der Waals surface area contributed by atoms with Gasteiger partial charge in [-0.3, -0.25) is 10.3 Å². The Morgan fingerprint density at radius 3 is 2.49 bits per heavy atom. The number of halogens is 1. The van der Waals surface area contributed by atoms with Crippen LogP contribution in [0.2, 0.25) is 5.02 Å². The van der Waals surface area contributed by atoms with Crippen molar-refractivity contribution >= 4 is 57.4 Å². The lowest BCUT2D eigenvalue weighted by Crippen LogP contribution is -2.39. The fraction of sp³-hybridized carbons (Fsp3) is 0.231. The Morgan fingerprint density at radius 2 is 1.76 bits per heavy atom. The Labute approximate surface area is 225 Å². The first-order valence-electron chi connectivity index (χ1n) is 11.5. The summed E-state index contributed by atoms with van der Waals surface area (Å²) in [4.78, 5) is 16.9. The highest BCUT2D eigenvalue weighted by Crippen LogP contribution is 2.35. The van der Waals surface area contributed by atoms with Gasteiger partial charge in [-0.25, -0.2) is 9.97 Å². The molecule has 0 atom stereocenters. The zero-order valence-corrected chi connectivity index (χ0v) is 22.5. The maximum atomic E-state index is 6.23. The quantitative estimate of drug-likeness (QED) is 0.144. The molecule has 0 spiro atoms. The van der Waals surface area contributed by atoms with Crippen LogP contribution in [0.15, 0.2) is 53.7 Å². The predicted molar refractivity (Wildman–Crippen MR) is 153 cm³/mol. The minimum absolute atomic E-state index is 0.283. The van der Waals surface area contributed by atoms with Gasteiger partial charge in [-0.2, -0.15) is 0 Å². The minimum atomic E-state index is 0.283. The number of nitrogens with zero attached hydrogens (tertiary/aromatic N) is 3. The zero-order chi connectivity index (χ0) is 26.4. The summed E-state index contributed by atoms with van der Waals surface area (Å²) in [7, 11) is 3.09. The lowest BCUT2D eigenvalue weighted by molar-refractivity contribution is 0.405. The second kappa shape index (κ2) is 11.9. The molecule has 2 aromatic carbocycles. The first kappa shape index (κ1) is 26.2. The third kappa shape index (κ3) is 6.66. The normalized spacial score (nSPS) is 11.3. The van der Waals surface area contributed by atoms with Gasteiger partial charge in [0.1, 0.15) is 11.5 Å². The van der Waals surface area contributed by atoms with Crippen molar-refractivity contribution in [3.63, 3.8) is 0 Å². The highest BCUT2D eigenvalue weighted by atomic mass is 35.5. The number of aromatic amines is 1. The molecule has 4 aromatic rings. The van der Waals surface area contributed by atoms with E-state index in [-0.39, 0.29) is 5.11 Å². The van der Waals surface area contributed by atoms with Crippen LogP contribution < -0.4 is 25.4 Å². The van der Waals surface area contributed by atoms with E-state index in [9.17, 15) is 0 Å². The van der Waals surface area contributed by atoms with Crippen LogP contribution in [0.3, 0.4) is 0 Å². The van der Waals surface area contributed by atoms with Crippen molar-refractivity contribution in [2.24, 2.45) is 4.99 Å². The van der Waals surface area contributed by atoms with E-state index in [1.807, 2.05) is 38.2 Å². The number of guanidine groups is 1. The van der Waals surface area contributed by atoms with Gasteiger partial charge in [0.25, 0.3) is 0 Å². The molecular weight excluding hydrogens is 510 g/mol. The summed E-state index contributed by atoms with van der Waals surface area (Å²) in [6, 6.07) is 13.5. The van der Waals surface area contributed by atoms with Gasteiger partial charge in [-0.05, 0) is 50.2 Å². The van der Waals surface area contributed by atoms with E-state index in [4.69, 9.17) is 38.3 Å². The van der Waals surface area contributed by atoms with Crippen LogP contribution in [0, 0.1) is 13.8 Å². The number of fused-ring (bicyclic) bond motifs is 1. The van der Waals surface area contributed by atoms with Crippen LogP contribution >= 0.6 is 23.8 Å². The smallest absolute Gasteiger partial charge is 0.229 e. The van der Waals surface area contributed by atoms with E-state index in [0.29, 0.717) is 40.7 Å². The van der Waals surface area contributed by atoms with Gasteiger partial charge in [0.2, 0.25) is 11.9 Å². The van der Waals surface area contributed by atoms with Crippen molar-refractivity contribution in [1.29, 1.82) is 0 Å². The number of aliphatic imine (C=N–C) groups is 1. The van der Waals surface area contributed by atoms with Gasteiger partial charge >= 0.3 is 0 Å². The van der Waals surface area contributed by atoms with Crippen molar-refractivity contribution in [1.82, 2.24) is 20.3 Å². The summed E-state index contributed by atoms with van der Waals surface area (Å²) in [6.07, 6.45) is 2.74. The van der Waals surface area contributed by atoms with Crippen LogP contribution in [-0.4, -0.2) is 46.8 Å². The molecular formula is C26H28ClN7O2S. The third-order valence-corrected chi connectivity index (χ3v) is 5.99. The molecule has 0 fully saturated rings. The molecule has 0 aliphatic heterocycles. The summed E-state index contributed by atoms with van der Waals surface area (Å²) >= 11 is 11.8. The van der Waals surface area contributed by atoms with E-state index in [1.54, 1.807) is 26.4 Å². The second-order valence-corrected chi connectivity index (χ2v) is 9.02. The number of hydrogen-bond donors (Lipinski definition) is 4. The summed E-state index contributed by atoms with van der Waals surface area (Å²) in [6.45, 7) is 4.32. The summed E-state index contributed by atoms with van der Waals surface area (Å²) in [5.41, 5.74) is 4.54. The molecule has 0 aliphatic rings. The Hall–Kier alpha value is -3.89. The molecule has 2 aromatic heterocycles. The molecule has 0 bridgehead atoms. The molecule has 4 rings (SSSR count). The minimum Gasteiger partial charge on any atom is -0.495 e. The van der Waals surface area contributed by atoms with Gasteiger partial charge in [0.05, 0.1) is 24.9 Å². The van der Waals surface area contributed by atoms with Crippen LogP contribution in [0.4, 0.5) is 11.6 Å². The lowest BCUT2D eigenvalue weighted by atomic mass is 10.1. The molecule has 9 nitrogen and oxygen atoms in total. The maximum Gasteiger partial charge on any atom is 0.229 e. The van der Waals surface area contributed by atoms with E-state index >= 15 is 0 Å². The fourth-order valence-electron chi connectivity index (χ4n) is 3.84. The highest BCUT2D eigenvalue weighted by molar-refractivity contribution is 7.80. The van der Waals surface area contributed by atoms with Gasteiger partial charge in [-0.15, -0.1) is 0 Å². The summed E-state index contributed by atoms with van der Waals surface area (Å²) in [5.74, 6) is 1.83. The fourth-order valence-corrected chi connectivity index (χ4v) is 4.28. The van der Waals surface area contributed by atoms with E-state index in [0.717, 1.165) is 23.3 Å². The highest BCUT2D eigenvalue weighted by Gasteiger charge is 2.13. The SMILES string of the molecule is COc1cc(NC(=S)NC(=NCCc2c[nH]c3ccccc23)Nc2nc(C)cc(C)n2)c(OC)cc1Cl. The molecule has 0 amide bonds. The summed E-state index contributed by atoms with van der Waals surface area (Å²) in [5, 5.41) is 11.3. The standard InChI is InChI=1S/C26H28ClN7O2S/c1-15-11-16(2)31-25(30-15)33-24(28-10-9-17-14-29-20-8-6-5-7-18(17)20)34-26(37)32-21-13-22(35-3)19(27)12-23(21)36-4/h5-8,11-14,29H,9-10H2,1-4H3,(H3,28,30,31,32,33,34,37). The Bertz CT molecular complexity index is 1430. The number of anilines is 2. The molecule has 192 valence electrons. The average molecular weight is 538 g/mol. The molecule has 0 unspecified atom stereocenters. The molecule has 0 aliphatic carbocycles. The predicted octanol–water partition coefficient (Wildman–Crippen LogP) is 5.24.